The lowest BCUT2D eigenvalue weighted by Crippen LogP contribution is -1.93. The average Bonchev–Trinajstić information content (AvgIpc) is 2.18. The van der Waals surface area contributed by atoms with Crippen molar-refractivity contribution < 1.29 is 4.74 Å². The zero-order valence-corrected chi connectivity index (χ0v) is 8.35. The maximum absolute atomic E-state index is 8.81. The van der Waals surface area contributed by atoms with Crippen molar-refractivity contribution in [2.75, 3.05) is 7.11 Å². The van der Waals surface area contributed by atoms with E-state index in [1.807, 2.05) is 13.0 Å². The topological polar surface area (TPSA) is 33.0 Å². The summed E-state index contributed by atoms with van der Waals surface area (Å²) in [5.41, 5.74) is 2.38. The summed E-state index contributed by atoms with van der Waals surface area (Å²) in [4.78, 5) is 0. The lowest BCUT2D eigenvalue weighted by molar-refractivity contribution is 0.411. The fraction of sp³-hybridized carbons (Fsp3) is 0.300. The second-order valence-electron chi connectivity index (χ2n) is 2.72. The number of hydrogen-bond donors (Lipinski definition) is 0. The second kappa shape index (κ2) is 4.15. The first-order valence-corrected chi connectivity index (χ1v) is 4.40. The van der Waals surface area contributed by atoms with Crippen molar-refractivity contribution in [3.63, 3.8) is 0 Å². The van der Waals surface area contributed by atoms with Crippen LogP contribution in [0, 0.1) is 18.3 Å². The van der Waals surface area contributed by atoms with Crippen LogP contribution in [0.5, 0.6) is 5.75 Å². The summed E-state index contributed by atoms with van der Waals surface area (Å²) in [6.07, 6.45) is 0. The molecule has 13 heavy (non-hydrogen) atoms. The summed E-state index contributed by atoms with van der Waals surface area (Å²) >= 11 is 5.67. The summed E-state index contributed by atoms with van der Waals surface area (Å²) < 4.78 is 5.12. The predicted octanol–water partition coefficient (Wildman–Crippen LogP) is 2.61. The Bertz CT molecular complexity index is 355. The molecule has 0 bridgehead atoms. The van der Waals surface area contributed by atoms with Crippen LogP contribution in [0.1, 0.15) is 16.7 Å². The van der Waals surface area contributed by atoms with E-state index in [0.29, 0.717) is 11.4 Å². The van der Waals surface area contributed by atoms with Crippen LogP contribution in [0.3, 0.4) is 0 Å². The fourth-order valence-corrected chi connectivity index (χ4v) is 1.30. The highest BCUT2D eigenvalue weighted by Crippen LogP contribution is 2.23. The van der Waals surface area contributed by atoms with Gasteiger partial charge in [0, 0.05) is 11.4 Å². The molecule has 0 N–H and O–H groups in total. The maximum Gasteiger partial charge on any atom is 0.123 e. The maximum atomic E-state index is 8.81. The van der Waals surface area contributed by atoms with E-state index < -0.39 is 0 Å². The van der Waals surface area contributed by atoms with E-state index in [2.05, 4.69) is 6.07 Å². The van der Waals surface area contributed by atoms with Crippen LogP contribution in [0.15, 0.2) is 12.1 Å². The minimum atomic E-state index is 0.394. The van der Waals surface area contributed by atoms with Gasteiger partial charge in [0.05, 0.1) is 18.7 Å². The first-order valence-electron chi connectivity index (χ1n) is 3.86. The lowest BCUT2D eigenvalue weighted by Gasteiger charge is -2.07. The number of nitrogens with zero attached hydrogens (tertiary/aromatic N) is 1. The van der Waals surface area contributed by atoms with Gasteiger partial charge in [-0.2, -0.15) is 5.26 Å². The van der Waals surface area contributed by atoms with Gasteiger partial charge in [0.1, 0.15) is 5.75 Å². The number of nitriles is 1. The third-order valence-electron chi connectivity index (χ3n) is 1.91. The number of hydrogen-bond acceptors (Lipinski definition) is 2. The molecule has 68 valence electrons. The summed E-state index contributed by atoms with van der Waals surface area (Å²) in [5.74, 6) is 1.11. The zero-order valence-electron chi connectivity index (χ0n) is 7.60. The molecular weight excluding hydrogens is 186 g/mol. The predicted molar refractivity (Wildman–Crippen MR) is 52.0 cm³/mol. The first-order chi connectivity index (χ1) is 6.22. The van der Waals surface area contributed by atoms with Crippen LogP contribution in [0.4, 0.5) is 0 Å². The number of rotatable bonds is 2. The molecule has 0 aliphatic rings. The van der Waals surface area contributed by atoms with Crippen molar-refractivity contribution in [1.29, 1.82) is 5.26 Å². The number of halogens is 1. The van der Waals surface area contributed by atoms with Gasteiger partial charge < -0.3 is 4.74 Å². The molecule has 0 unspecified atom stereocenters. The van der Waals surface area contributed by atoms with Gasteiger partial charge in [-0.1, -0.05) is 0 Å². The van der Waals surface area contributed by atoms with E-state index in [1.165, 1.54) is 0 Å². The molecule has 0 aliphatic heterocycles. The number of methoxy groups -OCH3 is 1. The van der Waals surface area contributed by atoms with E-state index >= 15 is 0 Å². The molecule has 0 saturated carbocycles. The minimum Gasteiger partial charge on any atom is -0.496 e. The van der Waals surface area contributed by atoms with Gasteiger partial charge in [-0.3, -0.25) is 0 Å². The van der Waals surface area contributed by atoms with Crippen molar-refractivity contribution >= 4 is 11.6 Å². The fourth-order valence-electron chi connectivity index (χ4n) is 1.15. The molecule has 1 aromatic carbocycles. The summed E-state index contributed by atoms with van der Waals surface area (Å²) in [6, 6.07) is 5.74. The van der Waals surface area contributed by atoms with Gasteiger partial charge in [-0.05, 0) is 24.6 Å². The SMILES string of the molecule is COc1cc(CCl)cc(C#N)c1C. The third kappa shape index (κ3) is 1.93. The van der Waals surface area contributed by atoms with Crippen molar-refractivity contribution in [1.82, 2.24) is 0 Å². The molecule has 0 amide bonds. The van der Waals surface area contributed by atoms with Gasteiger partial charge in [0.25, 0.3) is 0 Å². The van der Waals surface area contributed by atoms with Crippen molar-refractivity contribution in [2.24, 2.45) is 0 Å². The van der Waals surface area contributed by atoms with Crippen molar-refractivity contribution in [3.8, 4) is 11.8 Å². The van der Waals surface area contributed by atoms with E-state index in [0.717, 1.165) is 16.9 Å². The van der Waals surface area contributed by atoms with Gasteiger partial charge in [-0.25, -0.2) is 0 Å². The van der Waals surface area contributed by atoms with Crippen LogP contribution >= 0.6 is 11.6 Å². The molecular formula is C10H10ClNO. The van der Waals surface area contributed by atoms with Gasteiger partial charge in [-0.15, -0.1) is 11.6 Å². The Morgan fingerprint density at radius 3 is 2.69 bits per heavy atom. The van der Waals surface area contributed by atoms with E-state index in [4.69, 9.17) is 21.6 Å². The van der Waals surface area contributed by atoms with Gasteiger partial charge in [0.15, 0.2) is 0 Å². The Labute approximate surface area is 82.7 Å². The molecule has 0 aromatic heterocycles. The Hall–Kier alpha value is -1.20. The minimum absolute atomic E-state index is 0.394. The van der Waals surface area contributed by atoms with Crippen LogP contribution in [-0.4, -0.2) is 7.11 Å². The molecule has 1 rings (SSSR count). The van der Waals surface area contributed by atoms with E-state index in [1.54, 1.807) is 13.2 Å². The molecule has 0 spiro atoms. The zero-order chi connectivity index (χ0) is 9.84. The van der Waals surface area contributed by atoms with E-state index in [9.17, 15) is 0 Å². The first kappa shape index (κ1) is 9.88. The molecule has 0 radical (unpaired) electrons. The number of benzene rings is 1. The van der Waals surface area contributed by atoms with Gasteiger partial charge >= 0.3 is 0 Å². The highest BCUT2D eigenvalue weighted by Gasteiger charge is 2.06. The summed E-state index contributed by atoms with van der Waals surface area (Å²) in [5, 5.41) is 8.81. The quantitative estimate of drug-likeness (QED) is 0.680. The second-order valence-corrected chi connectivity index (χ2v) is 2.98. The lowest BCUT2D eigenvalue weighted by atomic mass is 10.1. The molecule has 0 atom stereocenters. The third-order valence-corrected chi connectivity index (χ3v) is 2.22. The van der Waals surface area contributed by atoms with Crippen molar-refractivity contribution in [2.45, 2.75) is 12.8 Å². The normalized spacial score (nSPS) is 9.38. The Kier molecular flexibility index (Phi) is 3.16. The number of alkyl halides is 1. The Morgan fingerprint density at radius 2 is 2.23 bits per heavy atom. The van der Waals surface area contributed by atoms with Crippen LogP contribution < -0.4 is 4.74 Å². The highest BCUT2D eigenvalue weighted by molar-refractivity contribution is 6.17. The highest BCUT2D eigenvalue weighted by atomic mass is 35.5. The molecule has 0 aliphatic carbocycles. The van der Waals surface area contributed by atoms with Crippen LogP contribution in [-0.2, 0) is 5.88 Å². The molecule has 3 heteroatoms. The van der Waals surface area contributed by atoms with E-state index in [-0.39, 0.29) is 0 Å². The monoisotopic (exact) mass is 195 g/mol. The summed E-state index contributed by atoms with van der Waals surface area (Å²) in [7, 11) is 1.58. The summed E-state index contributed by atoms with van der Waals surface area (Å²) in [6.45, 7) is 1.86. The average molecular weight is 196 g/mol. The molecule has 0 saturated heterocycles. The standard InChI is InChI=1S/C10H10ClNO/c1-7-9(6-12)3-8(5-11)4-10(7)13-2/h3-4H,5H2,1-2H3. The molecule has 0 heterocycles. The molecule has 1 aromatic rings. The number of ether oxygens (including phenoxy) is 1. The van der Waals surface area contributed by atoms with Crippen LogP contribution in [0.2, 0.25) is 0 Å². The smallest absolute Gasteiger partial charge is 0.123 e. The Balaban J connectivity index is 3.31. The Morgan fingerprint density at radius 1 is 1.54 bits per heavy atom. The molecule has 2 nitrogen and oxygen atoms in total. The van der Waals surface area contributed by atoms with Gasteiger partial charge in [0.2, 0.25) is 0 Å². The largest absolute Gasteiger partial charge is 0.496 e. The van der Waals surface area contributed by atoms with Crippen molar-refractivity contribution in [3.05, 3.63) is 28.8 Å². The van der Waals surface area contributed by atoms with Crippen LogP contribution in [0.25, 0.3) is 0 Å². The molecule has 0 fully saturated rings.